The molecule has 2 N–H and O–H groups in total. The van der Waals surface area contributed by atoms with Gasteiger partial charge in [0.05, 0.1) is 0 Å². The largest absolute Gasteiger partial charge is 0.325 e. The highest BCUT2D eigenvalue weighted by Gasteiger charge is 2.07. The van der Waals surface area contributed by atoms with Gasteiger partial charge in [-0.15, -0.1) is 0 Å². The average molecular weight is 232 g/mol. The molecule has 0 fully saturated rings. The first-order chi connectivity index (χ1) is 6.69. The Morgan fingerprint density at radius 1 is 1.07 bits per heavy atom. The van der Waals surface area contributed by atoms with Crippen LogP contribution in [0.5, 0.6) is 0 Å². The fourth-order valence-corrected chi connectivity index (χ4v) is 2.25. The van der Waals surface area contributed by atoms with Gasteiger partial charge in [-0.3, -0.25) is 9.78 Å². The molecule has 1 aromatic heterocycles. The Hall–Kier alpha value is -0.620. The normalized spacial score (nSPS) is 10.4. The molecule has 1 heterocycles. The number of H-pyrrole nitrogens is 2. The van der Waals surface area contributed by atoms with E-state index in [0.29, 0.717) is 17.1 Å². The van der Waals surface area contributed by atoms with Gasteiger partial charge < -0.3 is 4.98 Å². The van der Waals surface area contributed by atoms with Gasteiger partial charge in [0.15, 0.2) is 0 Å². The van der Waals surface area contributed by atoms with E-state index in [4.69, 9.17) is 0 Å². The van der Waals surface area contributed by atoms with E-state index in [9.17, 15) is 9.59 Å². The van der Waals surface area contributed by atoms with Gasteiger partial charge in [0.1, 0.15) is 0 Å². The smallest absolute Gasteiger partial charge is 0.310 e. The minimum atomic E-state index is -0.427. The SMILES string of the molecule is CSCc1[nH]c(=O)[nH]c(=O)c1CSC. The van der Waals surface area contributed by atoms with Crippen LogP contribution in [0.15, 0.2) is 9.59 Å². The third-order valence-corrected chi connectivity index (χ3v) is 2.86. The van der Waals surface area contributed by atoms with E-state index in [0.717, 1.165) is 5.69 Å². The summed E-state index contributed by atoms with van der Waals surface area (Å²) in [5.41, 5.74) is 0.711. The molecule has 0 unspecified atom stereocenters. The van der Waals surface area contributed by atoms with Gasteiger partial charge in [0, 0.05) is 22.8 Å². The number of hydrogen-bond donors (Lipinski definition) is 2. The zero-order valence-corrected chi connectivity index (χ0v) is 9.68. The summed E-state index contributed by atoms with van der Waals surface area (Å²) in [5, 5.41) is 0. The maximum Gasteiger partial charge on any atom is 0.325 e. The molecular weight excluding hydrogens is 220 g/mol. The molecule has 0 aromatic carbocycles. The predicted octanol–water partition coefficient (Wildman–Crippen LogP) is 0.789. The minimum Gasteiger partial charge on any atom is -0.310 e. The van der Waals surface area contributed by atoms with Crippen LogP contribution in [0, 0.1) is 0 Å². The third kappa shape index (κ3) is 2.68. The van der Waals surface area contributed by atoms with Crippen molar-refractivity contribution in [1.82, 2.24) is 9.97 Å². The van der Waals surface area contributed by atoms with Crippen molar-refractivity contribution in [3.63, 3.8) is 0 Å². The maximum atomic E-state index is 11.4. The van der Waals surface area contributed by atoms with Gasteiger partial charge >= 0.3 is 5.69 Å². The van der Waals surface area contributed by atoms with E-state index in [2.05, 4.69) is 9.97 Å². The molecule has 0 amide bonds. The third-order valence-electron chi connectivity index (χ3n) is 1.71. The number of hydrogen-bond acceptors (Lipinski definition) is 4. The quantitative estimate of drug-likeness (QED) is 0.805. The van der Waals surface area contributed by atoms with Gasteiger partial charge in [0.25, 0.3) is 5.56 Å². The van der Waals surface area contributed by atoms with Crippen molar-refractivity contribution < 1.29 is 0 Å². The van der Waals surface area contributed by atoms with Crippen molar-refractivity contribution in [1.29, 1.82) is 0 Å². The number of aromatic nitrogens is 2. The lowest BCUT2D eigenvalue weighted by molar-refractivity contribution is 0.950. The molecular formula is C8H12N2O2S2. The lowest BCUT2D eigenvalue weighted by atomic mass is 10.3. The predicted molar refractivity (Wildman–Crippen MR) is 62.1 cm³/mol. The van der Waals surface area contributed by atoms with Gasteiger partial charge in [-0.2, -0.15) is 23.5 Å². The second-order valence-corrected chi connectivity index (χ2v) is 4.46. The molecule has 0 radical (unpaired) electrons. The first kappa shape index (κ1) is 11.5. The highest BCUT2D eigenvalue weighted by Crippen LogP contribution is 2.11. The lowest BCUT2D eigenvalue weighted by Gasteiger charge is -2.04. The lowest BCUT2D eigenvalue weighted by Crippen LogP contribution is -2.27. The molecule has 0 spiro atoms. The van der Waals surface area contributed by atoms with Crippen LogP contribution in [0.3, 0.4) is 0 Å². The Morgan fingerprint density at radius 2 is 1.71 bits per heavy atom. The van der Waals surface area contributed by atoms with Crippen LogP contribution >= 0.6 is 23.5 Å². The van der Waals surface area contributed by atoms with Gasteiger partial charge in [-0.05, 0) is 12.5 Å². The molecule has 78 valence electrons. The van der Waals surface area contributed by atoms with Crippen LogP contribution in [-0.4, -0.2) is 22.5 Å². The van der Waals surface area contributed by atoms with Crippen LogP contribution in [0.25, 0.3) is 0 Å². The Labute approximate surface area is 89.9 Å². The molecule has 0 atom stereocenters. The van der Waals surface area contributed by atoms with E-state index in [1.807, 2.05) is 12.5 Å². The van der Waals surface area contributed by atoms with Crippen LogP contribution in [0.4, 0.5) is 0 Å². The molecule has 0 aliphatic carbocycles. The van der Waals surface area contributed by atoms with Crippen molar-refractivity contribution in [3.05, 3.63) is 32.1 Å². The van der Waals surface area contributed by atoms with Crippen LogP contribution in [-0.2, 0) is 11.5 Å². The Bertz CT molecular complexity index is 411. The Morgan fingerprint density at radius 3 is 2.29 bits per heavy atom. The Balaban J connectivity index is 3.21. The van der Waals surface area contributed by atoms with E-state index in [-0.39, 0.29) is 5.56 Å². The molecule has 1 aromatic rings. The maximum absolute atomic E-state index is 11.4. The highest BCUT2D eigenvalue weighted by atomic mass is 32.2. The summed E-state index contributed by atoms with van der Waals surface area (Å²) in [5.74, 6) is 1.29. The number of nitrogens with one attached hydrogen (secondary N) is 2. The molecule has 0 aliphatic rings. The fourth-order valence-electron chi connectivity index (χ4n) is 1.12. The van der Waals surface area contributed by atoms with E-state index >= 15 is 0 Å². The zero-order chi connectivity index (χ0) is 10.6. The summed E-state index contributed by atoms with van der Waals surface area (Å²) in [6.07, 6.45) is 3.86. The second-order valence-electron chi connectivity index (χ2n) is 2.73. The molecule has 1 rings (SSSR count). The molecule has 0 bridgehead atoms. The monoisotopic (exact) mass is 232 g/mol. The Kier molecular flexibility index (Phi) is 4.34. The minimum absolute atomic E-state index is 0.271. The van der Waals surface area contributed by atoms with Crippen molar-refractivity contribution >= 4 is 23.5 Å². The first-order valence-corrected chi connectivity index (χ1v) is 6.80. The summed E-state index contributed by atoms with van der Waals surface area (Å²) in [7, 11) is 0. The van der Waals surface area contributed by atoms with Crippen LogP contribution in [0.1, 0.15) is 11.3 Å². The summed E-state index contributed by atoms with van der Waals surface area (Å²) in [4.78, 5) is 27.3. The number of aromatic amines is 2. The number of rotatable bonds is 4. The van der Waals surface area contributed by atoms with E-state index in [1.54, 1.807) is 23.5 Å². The summed E-state index contributed by atoms with van der Waals surface area (Å²) >= 11 is 3.14. The average Bonchev–Trinajstić information content (AvgIpc) is 2.11. The van der Waals surface area contributed by atoms with Crippen molar-refractivity contribution in [2.24, 2.45) is 0 Å². The van der Waals surface area contributed by atoms with E-state index in [1.165, 1.54) is 0 Å². The fraction of sp³-hybridized carbons (Fsp3) is 0.500. The molecule has 0 aliphatic heterocycles. The molecule has 4 nitrogen and oxygen atoms in total. The van der Waals surface area contributed by atoms with Gasteiger partial charge in [-0.25, -0.2) is 4.79 Å². The second kappa shape index (κ2) is 5.31. The van der Waals surface area contributed by atoms with Gasteiger partial charge in [-0.1, -0.05) is 0 Å². The molecule has 0 saturated heterocycles. The van der Waals surface area contributed by atoms with E-state index < -0.39 is 5.69 Å². The molecule has 0 saturated carbocycles. The van der Waals surface area contributed by atoms with Crippen molar-refractivity contribution in [2.45, 2.75) is 11.5 Å². The van der Waals surface area contributed by atoms with Crippen LogP contribution < -0.4 is 11.2 Å². The summed E-state index contributed by atoms with van der Waals surface area (Å²) in [6.45, 7) is 0. The van der Waals surface area contributed by atoms with Crippen molar-refractivity contribution in [3.8, 4) is 0 Å². The van der Waals surface area contributed by atoms with Gasteiger partial charge in [0.2, 0.25) is 0 Å². The summed E-state index contributed by atoms with van der Waals surface area (Å²) in [6, 6.07) is 0. The topological polar surface area (TPSA) is 65.7 Å². The first-order valence-electron chi connectivity index (χ1n) is 4.01. The zero-order valence-electron chi connectivity index (χ0n) is 8.05. The highest BCUT2D eigenvalue weighted by molar-refractivity contribution is 7.98. The number of thioether (sulfide) groups is 2. The van der Waals surface area contributed by atoms with Crippen LogP contribution in [0.2, 0.25) is 0 Å². The summed E-state index contributed by atoms with van der Waals surface area (Å²) < 4.78 is 0. The molecule has 6 heteroatoms. The van der Waals surface area contributed by atoms with Crippen molar-refractivity contribution in [2.75, 3.05) is 12.5 Å². The standard InChI is InChI=1S/C8H12N2O2S2/c1-13-3-5-6(4-14-2)9-8(12)10-7(5)11/h3-4H2,1-2H3,(H2,9,10,11,12). The molecule has 14 heavy (non-hydrogen) atoms.